The number of nitrogens with one attached hydrogen (secondary N) is 2. The number of aromatic nitrogens is 2. The van der Waals surface area contributed by atoms with Gasteiger partial charge >= 0.3 is 0 Å². The summed E-state index contributed by atoms with van der Waals surface area (Å²) in [7, 11) is 2.17. The summed E-state index contributed by atoms with van der Waals surface area (Å²) >= 11 is 6.06. The van der Waals surface area contributed by atoms with Crippen LogP contribution in [-0.2, 0) is 6.54 Å². The molecular weight excluding hydrogens is 346 g/mol. The Kier molecular flexibility index (Phi) is 4.74. The summed E-state index contributed by atoms with van der Waals surface area (Å²) < 4.78 is 0. The first kappa shape index (κ1) is 17.2. The van der Waals surface area contributed by atoms with E-state index in [1.165, 1.54) is 0 Å². The summed E-state index contributed by atoms with van der Waals surface area (Å²) in [5, 5.41) is 5.38. The van der Waals surface area contributed by atoms with Gasteiger partial charge in [0.15, 0.2) is 0 Å². The summed E-state index contributed by atoms with van der Waals surface area (Å²) in [5.74, 6) is 1.07. The van der Waals surface area contributed by atoms with Crippen LogP contribution in [0, 0.1) is 6.92 Å². The molecule has 3 aromatic rings. The van der Waals surface area contributed by atoms with Crippen LogP contribution in [-0.4, -0.2) is 48.1 Å². The number of fused-ring (bicyclic) bond motifs is 1. The second-order valence-electron chi connectivity index (χ2n) is 6.97. The Hall–Kier alpha value is -2.24. The van der Waals surface area contributed by atoms with Crippen molar-refractivity contribution >= 4 is 34.0 Å². The molecule has 0 spiro atoms. The topological polar surface area (TPSA) is 47.2 Å². The van der Waals surface area contributed by atoms with Crippen LogP contribution < -0.4 is 10.2 Å². The monoisotopic (exact) mass is 369 g/mol. The van der Waals surface area contributed by atoms with E-state index in [0.717, 1.165) is 71.5 Å². The lowest BCUT2D eigenvalue weighted by Crippen LogP contribution is -2.44. The Bertz CT molecular complexity index is 912. The SMILES string of the molecule is Cc1nc(N2CCN(C)CC2)ccc1NCc1cc2cc(Cl)ccc2[nH]1. The third-order valence-electron chi connectivity index (χ3n) is 5.01. The summed E-state index contributed by atoms with van der Waals surface area (Å²) in [4.78, 5) is 12.9. The van der Waals surface area contributed by atoms with Gasteiger partial charge in [0.2, 0.25) is 0 Å². The highest BCUT2D eigenvalue weighted by atomic mass is 35.5. The normalized spacial score (nSPS) is 15.6. The van der Waals surface area contributed by atoms with E-state index >= 15 is 0 Å². The number of piperazine rings is 1. The number of hydrogen-bond acceptors (Lipinski definition) is 4. The van der Waals surface area contributed by atoms with Gasteiger partial charge in [-0.3, -0.25) is 0 Å². The fraction of sp³-hybridized carbons (Fsp3) is 0.350. The second kappa shape index (κ2) is 7.17. The number of likely N-dealkylation sites (N-methyl/N-ethyl adjacent to an activating group) is 1. The van der Waals surface area contributed by atoms with E-state index in [4.69, 9.17) is 16.6 Å². The minimum Gasteiger partial charge on any atom is -0.378 e. The molecule has 0 amide bonds. The number of nitrogens with zero attached hydrogens (tertiary/aromatic N) is 3. The largest absolute Gasteiger partial charge is 0.378 e. The molecule has 1 aliphatic rings. The van der Waals surface area contributed by atoms with Crippen molar-refractivity contribution in [3.63, 3.8) is 0 Å². The Morgan fingerprint density at radius 3 is 2.69 bits per heavy atom. The highest BCUT2D eigenvalue weighted by Crippen LogP contribution is 2.23. The number of aromatic amines is 1. The van der Waals surface area contributed by atoms with Crippen molar-refractivity contribution in [1.29, 1.82) is 0 Å². The fourth-order valence-corrected chi connectivity index (χ4v) is 3.58. The first-order valence-electron chi connectivity index (χ1n) is 9.01. The standard InChI is InChI=1S/C20H24ClN5/c1-14-18(5-6-20(23-14)26-9-7-25(2)8-10-26)22-13-17-12-15-11-16(21)3-4-19(15)24-17/h3-6,11-12,22,24H,7-10,13H2,1-2H3. The fourth-order valence-electron chi connectivity index (χ4n) is 3.40. The predicted octanol–water partition coefficient (Wildman–Crippen LogP) is 3.89. The molecule has 5 nitrogen and oxygen atoms in total. The molecule has 0 unspecified atom stereocenters. The number of benzene rings is 1. The van der Waals surface area contributed by atoms with Gasteiger partial charge in [-0.1, -0.05) is 11.6 Å². The Balaban J connectivity index is 1.44. The molecule has 4 rings (SSSR count). The maximum Gasteiger partial charge on any atom is 0.129 e. The average Bonchev–Trinajstić information content (AvgIpc) is 3.03. The maximum absolute atomic E-state index is 6.06. The molecule has 0 bridgehead atoms. The van der Waals surface area contributed by atoms with Gasteiger partial charge in [0, 0.05) is 47.8 Å². The Morgan fingerprint density at radius 2 is 1.92 bits per heavy atom. The highest BCUT2D eigenvalue weighted by Gasteiger charge is 2.16. The van der Waals surface area contributed by atoms with Gasteiger partial charge in [0.05, 0.1) is 17.9 Å². The summed E-state index contributed by atoms with van der Waals surface area (Å²) in [6, 6.07) is 12.3. The third kappa shape index (κ3) is 3.64. The number of rotatable bonds is 4. The molecule has 1 saturated heterocycles. The molecule has 0 radical (unpaired) electrons. The van der Waals surface area contributed by atoms with Gasteiger partial charge in [-0.05, 0) is 50.4 Å². The van der Waals surface area contributed by atoms with Crippen molar-refractivity contribution in [1.82, 2.24) is 14.9 Å². The van der Waals surface area contributed by atoms with Gasteiger partial charge in [0.1, 0.15) is 5.82 Å². The minimum atomic E-state index is 0.725. The van der Waals surface area contributed by atoms with E-state index < -0.39 is 0 Å². The maximum atomic E-state index is 6.06. The number of pyridine rings is 1. The number of anilines is 2. The second-order valence-corrected chi connectivity index (χ2v) is 7.41. The average molecular weight is 370 g/mol. The molecule has 0 saturated carbocycles. The van der Waals surface area contributed by atoms with Crippen molar-refractivity contribution in [2.75, 3.05) is 43.4 Å². The molecule has 2 aromatic heterocycles. The van der Waals surface area contributed by atoms with E-state index in [1.807, 2.05) is 18.2 Å². The van der Waals surface area contributed by atoms with Crippen molar-refractivity contribution in [2.45, 2.75) is 13.5 Å². The van der Waals surface area contributed by atoms with Gasteiger partial charge in [0.25, 0.3) is 0 Å². The van der Waals surface area contributed by atoms with Crippen LogP contribution in [0.15, 0.2) is 36.4 Å². The van der Waals surface area contributed by atoms with E-state index in [-0.39, 0.29) is 0 Å². The van der Waals surface area contributed by atoms with E-state index in [9.17, 15) is 0 Å². The van der Waals surface area contributed by atoms with Crippen LogP contribution in [0.4, 0.5) is 11.5 Å². The van der Waals surface area contributed by atoms with Crippen LogP contribution in [0.3, 0.4) is 0 Å². The molecule has 1 aromatic carbocycles. The van der Waals surface area contributed by atoms with Gasteiger partial charge in [-0.15, -0.1) is 0 Å². The molecule has 1 fully saturated rings. The van der Waals surface area contributed by atoms with Crippen LogP contribution in [0.25, 0.3) is 10.9 Å². The molecule has 3 heterocycles. The predicted molar refractivity (Wildman–Crippen MR) is 109 cm³/mol. The zero-order valence-electron chi connectivity index (χ0n) is 15.2. The molecular formula is C20H24ClN5. The lowest BCUT2D eigenvalue weighted by atomic mass is 10.2. The Morgan fingerprint density at radius 1 is 1.12 bits per heavy atom. The molecule has 6 heteroatoms. The molecule has 0 aliphatic carbocycles. The lowest BCUT2D eigenvalue weighted by Gasteiger charge is -2.33. The van der Waals surface area contributed by atoms with Crippen molar-refractivity contribution < 1.29 is 0 Å². The first-order chi connectivity index (χ1) is 12.6. The van der Waals surface area contributed by atoms with Gasteiger partial charge in [-0.25, -0.2) is 4.98 Å². The van der Waals surface area contributed by atoms with E-state index in [1.54, 1.807) is 0 Å². The minimum absolute atomic E-state index is 0.725. The van der Waals surface area contributed by atoms with Crippen LogP contribution in [0.1, 0.15) is 11.4 Å². The van der Waals surface area contributed by atoms with Crippen molar-refractivity contribution in [2.24, 2.45) is 0 Å². The number of H-pyrrole nitrogens is 1. The molecule has 136 valence electrons. The summed E-state index contributed by atoms with van der Waals surface area (Å²) in [6.07, 6.45) is 0. The smallest absolute Gasteiger partial charge is 0.129 e. The lowest BCUT2D eigenvalue weighted by molar-refractivity contribution is 0.312. The van der Waals surface area contributed by atoms with Gasteiger partial charge < -0.3 is 20.1 Å². The zero-order chi connectivity index (χ0) is 18.1. The van der Waals surface area contributed by atoms with Crippen LogP contribution in [0.5, 0.6) is 0 Å². The molecule has 0 atom stereocenters. The van der Waals surface area contributed by atoms with Crippen molar-refractivity contribution in [3.8, 4) is 0 Å². The number of aryl methyl sites for hydroxylation is 1. The summed E-state index contributed by atoms with van der Waals surface area (Å²) in [5.41, 5.74) is 4.33. The first-order valence-corrected chi connectivity index (χ1v) is 9.38. The molecule has 2 N–H and O–H groups in total. The number of halogens is 1. The molecule has 26 heavy (non-hydrogen) atoms. The van der Waals surface area contributed by atoms with E-state index in [2.05, 4.69) is 52.3 Å². The van der Waals surface area contributed by atoms with Gasteiger partial charge in [-0.2, -0.15) is 0 Å². The summed E-state index contributed by atoms with van der Waals surface area (Å²) in [6.45, 7) is 7.03. The van der Waals surface area contributed by atoms with Crippen molar-refractivity contribution in [3.05, 3.63) is 52.8 Å². The number of hydrogen-bond donors (Lipinski definition) is 2. The Labute approximate surface area is 159 Å². The van der Waals surface area contributed by atoms with Crippen LogP contribution >= 0.6 is 11.6 Å². The highest BCUT2D eigenvalue weighted by molar-refractivity contribution is 6.31. The molecule has 1 aliphatic heterocycles. The zero-order valence-corrected chi connectivity index (χ0v) is 16.0. The van der Waals surface area contributed by atoms with Crippen LogP contribution in [0.2, 0.25) is 5.02 Å². The quantitative estimate of drug-likeness (QED) is 0.732. The van der Waals surface area contributed by atoms with E-state index in [0.29, 0.717) is 0 Å². The third-order valence-corrected chi connectivity index (χ3v) is 5.24.